The van der Waals surface area contributed by atoms with Gasteiger partial charge < -0.3 is 35.6 Å². The van der Waals surface area contributed by atoms with E-state index < -0.39 is 36.9 Å². The lowest BCUT2D eigenvalue weighted by molar-refractivity contribution is -0.140. The van der Waals surface area contributed by atoms with Crippen LogP contribution in [0.1, 0.15) is 38.3 Å². The first-order valence-corrected chi connectivity index (χ1v) is 10.5. The predicted octanol–water partition coefficient (Wildman–Crippen LogP) is 1.46. The number of amides is 1. The van der Waals surface area contributed by atoms with E-state index in [9.17, 15) is 19.2 Å². The number of aliphatic carboxylic acids is 2. The predicted molar refractivity (Wildman–Crippen MR) is 123 cm³/mol. The van der Waals surface area contributed by atoms with Crippen LogP contribution < -0.4 is 20.5 Å². The zero-order valence-electron chi connectivity index (χ0n) is 18.8. The van der Waals surface area contributed by atoms with Crippen LogP contribution in [0.2, 0.25) is 0 Å². The van der Waals surface area contributed by atoms with Crippen molar-refractivity contribution in [2.75, 3.05) is 25.0 Å². The summed E-state index contributed by atoms with van der Waals surface area (Å²) in [5, 5.41) is 28.3. The second-order valence-corrected chi connectivity index (χ2v) is 7.79. The number of carboxylic acid groups (broad SMARTS) is 2. The van der Waals surface area contributed by atoms with E-state index in [1.165, 1.54) is 18.2 Å². The first-order valence-electron chi connectivity index (χ1n) is 10.5. The number of rotatable bonds is 6. The fourth-order valence-corrected chi connectivity index (χ4v) is 3.66. The van der Waals surface area contributed by atoms with Gasteiger partial charge in [0, 0.05) is 5.69 Å². The molecular weight excluding hydrogens is 460 g/mol. The zero-order valence-corrected chi connectivity index (χ0v) is 18.8. The van der Waals surface area contributed by atoms with Crippen molar-refractivity contribution >= 4 is 35.5 Å². The molecule has 1 aliphatic rings. The SMILES string of the molecule is Cc1ccc2c(c1C(=O)N(CC(=O)O)CC(=O)O)OCCCc1cc(NC(=N)N)ccc1C(=O)O2. The number of carbonyl (C=O) groups is 4. The number of hydrogen-bond acceptors (Lipinski definition) is 7. The van der Waals surface area contributed by atoms with Gasteiger partial charge in [0.1, 0.15) is 13.1 Å². The summed E-state index contributed by atoms with van der Waals surface area (Å²) >= 11 is 0. The maximum atomic E-state index is 13.2. The van der Waals surface area contributed by atoms with Crippen LogP contribution in [-0.4, -0.2) is 64.6 Å². The molecule has 0 atom stereocenters. The summed E-state index contributed by atoms with van der Waals surface area (Å²) in [5.74, 6) is -4.74. The molecule has 0 saturated carbocycles. The summed E-state index contributed by atoms with van der Waals surface area (Å²) in [5.41, 5.74) is 7.13. The third kappa shape index (κ3) is 6.05. The van der Waals surface area contributed by atoms with E-state index in [0.717, 1.165) is 0 Å². The normalized spacial score (nSPS) is 12.8. The minimum Gasteiger partial charge on any atom is -0.489 e. The number of ether oxygens (including phenoxy) is 2. The Morgan fingerprint density at radius 2 is 1.83 bits per heavy atom. The summed E-state index contributed by atoms with van der Waals surface area (Å²) in [4.78, 5) is 49.3. The molecule has 2 aromatic carbocycles. The zero-order chi connectivity index (χ0) is 25.7. The quantitative estimate of drug-likeness (QED) is 0.173. The van der Waals surface area contributed by atoms with Gasteiger partial charge >= 0.3 is 17.9 Å². The highest BCUT2D eigenvalue weighted by molar-refractivity contribution is 6.02. The molecule has 0 spiro atoms. The van der Waals surface area contributed by atoms with Crippen molar-refractivity contribution in [3.8, 4) is 11.5 Å². The lowest BCUT2D eigenvalue weighted by Gasteiger charge is -2.23. The van der Waals surface area contributed by atoms with E-state index in [1.807, 2.05) is 0 Å². The Kier molecular flexibility index (Phi) is 7.54. The van der Waals surface area contributed by atoms with Gasteiger partial charge in [-0.25, -0.2) is 4.79 Å². The summed E-state index contributed by atoms with van der Waals surface area (Å²) in [6, 6.07) is 7.73. The number of anilines is 1. The number of guanidine groups is 1. The number of nitrogens with two attached hydrogens (primary N) is 1. The van der Waals surface area contributed by atoms with E-state index in [4.69, 9.17) is 30.8 Å². The van der Waals surface area contributed by atoms with Gasteiger partial charge in [-0.05, 0) is 55.2 Å². The van der Waals surface area contributed by atoms with Crippen molar-refractivity contribution in [2.24, 2.45) is 5.73 Å². The van der Waals surface area contributed by atoms with Crippen LogP contribution in [0.5, 0.6) is 11.5 Å². The average molecular weight is 484 g/mol. The van der Waals surface area contributed by atoms with Gasteiger partial charge in [0.15, 0.2) is 17.5 Å². The molecule has 35 heavy (non-hydrogen) atoms. The molecule has 1 amide bonds. The first kappa shape index (κ1) is 25.0. The minimum atomic E-state index is -1.38. The van der Waals surface area contributed by atoms with Crippen LogP contribution in [0.4, 0.5) is 5.69 Å². The molecule has 0 saturated heterocycles. The van der Waals surface area contributed by atoms with E-state index in [2.05, 4.69) is 5.32 Å². The Hall–Kier alpha value is -4.61. The van der Waals surface area contributed by atoms with Crippen molar-refractivity contribution in [3.63, 3.8) is 0 Å². The number of nitrogens with zero attached hydrogens (tertiary/aromatic N) is 1. The summed E-state index contributed by atoms with van der Waals surface area (Å²) in [7, 11) is 0. The van der Waals surface area contributed by atoms with Gasteiger partial charge in [-0.3, -0.25) is 19.8 Å². The molecule has 3 rings (SSSR count). The second-order valence-electron chi connectivity index (χ2n) is 7.79. The van der Waals surface area contributed by atoms with E-state index >= 15 is 0 Å². The summed E-state index contributed by atoms with van der Waals surface area (Å²) in [6.07, 6.45) is 0.852. The summed E-state index contributed by atoms with van der Waals surface area (Å²) in [6.45, 7) is 0.0299. The topological polar surface area (TPSA) is 192 Å². The van der Waals surface area contributed by atoms with Crippen LogP contribution in [0, 0.1) is 12.3 Å². The van der Waals surface area contributed by atoms with Crippen LogP contribution >= 0.6 is 0 Å². The van der Waals surface area contributed by atoms with Gasteiger partial charge in [0.2, 0.25) is 0 Å². The highest BCUT2D eigenvalue weighted by atomic mass is 16.6. The molecule has 12 nitrogen and oxygen atoms in total. The molecule has 0 radical (unpaired) electrons. The van der Waals surface area contributed by atoms with Crippen molar-refractivity contribution in [1.29, 1.82) is 5.41 Å². The Morgan fingerprint density at radius 1 is 1.14 bits per heavy atom. The number of fused-ring (bicyclic) bond motifs is 2. The molecule has 12 heteroatoms. The van der Waals surface area contributed by atoms with Crippen LogP contribution in [0.15, 0.2) is 30.3 Å². The molecular formula is C23H24N4O8. The van der Waals surface area contributed by atoms with Gasteiger partial charge in [-0.15, -0.1) is 0 Å². The lowest BCUT2D eigenvalue weighted by Crippen LogP contribution is -2.40. The molecule has 1 heterocycles. The van der Waals surface area contributed by atoms with Crippen molar-refractivity contribution in [3.05, 3.63) is 52.6 Å². The fourth-order valence-electron chi connectivity index (χ4n) is 3.66. The van der Waals surface area contributed by atoms with Gasteiger partial charge in [0.25, 0.3) is 5.91 Å². The third-order valence-electron chi connectivity index (χ3n) is 5.13. The Morgan fingerprint density at radius 3 is 2.46 bits per heavy atom. The molecule has 0 aliphatic carbocycles. The van der Waals surface area contributed by atoms with Gasteiger partial charge in [0.05, 0.1) is 17.7 Å². The Balaban J connectivity index is 2.02. The highest BCUT2D eigenvalue weighted by Gasteiger charge is 2.29. The summed E-state index contributed by atoms with van der Waals surface area (Å²) < 4.78 is 11.4. The number of carboxylic acids is 2. The van der Waals surface area contributed by atoms with E-state index in [1.54, 1.807) is 19.1 Å². The van der Waals surface area contributed by atoms with Gasteiger partial charge in [-0.1, -0.05) is 6.07 Å². The van der Waals surface area contributed by atoms with Crippen LogP contribution in [0.25, 0.3) is 0 Å². The molecule has 0 unspecified atom stereocenters. The Labute approximate surface area is 199 Å². The minimum absolute atomic E-state index is 0.0617. The maximum absolute atomic E-state index is 13.2. The molecule has 0 aromatic heterocycles. The number of aryl methyl sites for hydroxylation is 2. The van der Waals surface area contributed by atoms with Crippen LogP contribution in [-0.2, 0) is 16.0 Å². The molecule has 184 valence electrons. The van der Waals surface area contributed by atoms with Crippen molar-refractivity contribution < 1.29 is 38.9 Å². The number of hydrogen-bond donors (Lipinski definition) is 5. The molecule has 6 N–H and O–H groups in total. The molecule has 2 aromatic rings. The number of benzene rings is 2. The van der Waals surface area contributed by atoms with Crippen molar-refractivity contribution in [2.45, 2.75) is 19.8 Å². The van der Waals surface area contributed by atoms with E-state index in [0.29, 0.717) is 34.6 Å². The fraction of sp³-hybridized carbons (Fsp3) is 0.261. The van der Waals surface area contributed by atoms with Crippen LogP contribution in [0.3, 0.4) is 0 Å². The maximum Gasteiger partial charge on any atom is 0.343 e. The monoisotopic (exact) mass is 484 g/mol. The number of nitrogens with one attached hydrogen (secondary N) is 2. The van der Waals surface area contributed by atoms with Gasteiger partial charge in [-0.2, -0.15) is 0 Å². The average Bonchev–Trinajstić information content (AvgIpc) is 2.76. The molecule has 0 bridgehead atoms. The third-order valence-corrected chi connectivity index (χ3v) is 5.13. The largest absolute Gasteiger partial charge is 0.489 e. The molecule has 1 aliphatic heterocycles. The Bertz CT molecular complexity index is 1190. The van der Waals surface area contributed by atoms with Crippen molar-refractivity contribution in [1.82, 2.24) is 4.90 Å². The smallest absolute Gasteiger partial charge is 0.343 e. The first-order chi connectivity index (χ1) is 16.6. The lowest BCUT2D eigenvalue weighted by atomic mass is 10.0. The second kappa shape index (κ2) is 10.5. The number of esters is 1. The van der Waals surface area contributed by atoms with E-state index in [-0.39, 0.29) is 35.2 Å². The molecule has 0 fully saturated rings. The number of carbonyl (C=O) groups excluding carboxylic acids is 2. The standard InChI is InChI=1S/C23H24N4O8/c1-12-4-7-16-20(19(12)21(32)27(10-17(28)29)11-18(30)31)34-8-2-3-13-9-14(26-23(24)25)5-6-15(13)22(33)35-16/h4-7,9H,2-3,8,10-11H2,1H3,(H,28,29)(H,30,31)(H4,24,25,26). The highest BCUT2D eigenvalue weighted by Crippen LogP contribution is 2.36.